The fourth-order valence-electron chi connectivity index (χ4n) is 2.02. The first-order valence-electron chi connectivity index (χ1n) is 6.87. The zero-order valence-corrected chi connectivity index (χ0v) is 11.7. The van der Waals surface area contributed by atoms with E-state index in [1.54, 1.807) is 12.1 Å². The quantitative estimate of drug-likeness (QED) is 0.650. The lowest BCUT2D eigenvalue weighted by Gasteiger charge is -2.06. The Morgan fingerprint density at radius 2 is 1.76 bits per heavy atom. The number of rotatable bonds is 6. The van der Waals surface area contributed by atoms with Crippen molar-refractivity contribution < 1.29 is 4.92 Å². The van der Waals surface area contributed by atoms with Gasteiger partial charge in [-0.2, -0.15) is 0 Å². The number of hydrogen-bond acceptors (Lipinski definition) is 3. The van der Waals surface area contributed by atoms with Crippen LogP contribution in [0.15, 0.2) is 60.7 Å². The molecule has 4 heteroatoms. The Hall–Kier alpha value is -2.46. The monoisotopic (exact) mass is 282 g/mol. The van der Waals surface area contributed by atoms with Gasteiger partial charge in [0.1, 0.15) is 0 Å². The minimum absolute atomic E-state index is 0.0274. The molecule has 0 bridgehead atoms. The number of nitro groups is 1. The molecule has 2 aromatic rings. The minimum Gasteiger partial charge on any atom is -0.324 e. The van der Waals surface area contributed by atoms with E-state index in [4.69, 9.17) is 5.73 Å². The van der Waals surface area contributed by atoms with Crippen LogP contribution in [0.1, 0.15) is 17.5 Å². The van der Waals surface area contributed by atoms with E-state index in [-0.39, 0.29) is 11.7 Å². The SMILES string of the molecule is NC(/C=C/c1ccc([N+](=O)[O-])cc1)CCc1ccccc1. The molecule has 0 heterocycles. The summed E-state index contributed by atoms with van der Waals surface area (Å²) in [4.78, 5) is 10.2. The molecule has 4 nitrogen and oxygen atoms in total. The maximum atomic E-state index is 10.6. The first kappa shape index (κ1) is 14.9. The van der Waals surface area contributed by atoms with Crippen molar-refractivity contribution in [3.05, 3.63) is 81.9 Å². The van der Waals surface area contributed by atoms with Gasteiger partial charge in [-0.05, 0) is 36.1 Å². The predicted octanol–water partition coefficient (Wildman–Crippen LogP) is 3.57. The molecule has 0 aromatic heterocycles. The normalized spacial score (nSPS) is 12.4. The van der Waals surface area contributed by atoms with E-state index >= 15 is 0 Å². The molecular formula is C17H18N2O2. The lowest BCUT2D eigenvalue weighted by molar-refractivity contribution is -0.384. The van der Waals surface area contributed by atoms with Gasteiger partial charge in [0.2, 0.25) is 0 Å². The molecule has 2 aromatic carbocycles. The molecule has 0 saturated carbocycles. The lowest BCUT2D eigenvalue weighted by atomic mass is 10.0. The number of hydrogen-bond donors (Lipinski definition) is 1. The second-order valence-electron chi connectivity index (χ2n) is 4.90. The molecule has 0 radical (unpaired) electrons. The molecule has 0 spiro atoms. The average molecular weight is 282 g/mol. The summed E-state index contributed by atoms with van der Waals surface area (Å²) < 4.78 is 0. The van der Waals surface area contributed by atoms with Crippen LogP contribution >= 0.6 is 0 Å². The van der Waals surface area contributed by atoms with Gasteiger partial charge in [-0.25, -0.2) is 0 Å². The van der Waals surface area contributed by atoms with E-state index in [1.165, 1.54) is 17.7 Å². The van der Waals surface area contributed by atoms with E-state index in [0.29, 0.717) is 0 Å². The van der Waals surface area contributed by atoms with Crippen LogP contribution in [0.2, 0.25) is 0 Å². The van der Waals surface area contributed by atoms with Gasteiger partial charge in [-0.15, -0.1) is 0 Å². The zero-order chi connectivity index (χ0) is 15.1. The highest BCUT2D eigenvalue weighted by Gasteiger charge is 2.03. The highest BCUT2D eigenvalue weighted by Crippen LogP contribution is 2.13. The molecule has 21 heavy (non-hydrogen) atoms. The number of nitrogens with two attached hydrogens (primary N) is 1. The number of non-ortho nitro benzene ring substituents is 1. The zero-order valence-electron chi connectivity index (χ0n) is 11.7. The standard InChI is InChI=1S/C17H18N2O2/c18-16(10-6-14-4-2-1-3-5-14)11-7-15-8-12-17(13-9-15)19(20)21/h1-5,7-9,11-13,16H,6,10,18H2/b11-7+. The number of benzene rings is 2. The Bertz CT molecular complexity index is 606. The van der Waals surface area contributed by atoms with Gasteiger partial charge in [0.15, 0.2) is 0 Å². The van der Waals surface area contributed by atoms with Crippen molar-refractivity contribution in [2.24, 2.45) is 5.73 Å². The lowest BCUT2D eigenvalue weighted by Crippen LogP contribution is -2.17. The van der Waals surface area contributed by atoms with Crippen LogP contribution in [0.5, 0.6) is 0 Å². The van der Waals surface area contributed by atoms with Crippen molar-refractivity contribution in [3.8, 4) is 0 Å². The van der Waals surface area contributed by atoms with Crippen LogP contribution in [0.3, 0.4) is 0 Å². The van der Waals surface area contributed by atoms with E-state index < -0.39 is 4.92 Å². The number of aryl methyl sites for hydroxylation is 1. The van der Waals surface area contributed by atoms with Crippen LogP contribution in [0.4, 0.5) is 5.69 Å². The summed E-state index contributed by atoms with van der Waals surface area (Å²) in [5, 5.41) is 10.6. The van der Waals surface area contributed by atoms with Gasteiger partial charge in [-0.1, -0.05) is 42.5 Å². The highest BCUT2D eigenvalue weighted by molar-refractivity contribution is 5.52. The predicted molar refractivity (Wildman–Crippen MR) is 84.9 cm³/mol. The van der Waals surface area contributed by atoms with Crippen molar-refractivity contribution >= 4 is 11.8 Å². The summed E-state index contributed by atoms with van der Waals surface area (Å²) >= 11 is 0. The summed E-state index contributed by atoms with van der Waals surface area (Å²) in [6.45, 7) is 0. The molecule has 1 atom stereocenters. The van der Waals surface area contributed by atoms with Gasteiger partial charge >= 0.3 is 0 Å². The third kappa shape index (κ3) is 4.85. The fraction of sp³-hybridized carbons (Fsp3) is 0.176. The van der Waals surface area contributed by atoms with Crippen LogP contribution < -0.4 is 5.73 Å². The van der Waals surface area contributed by atoms with Crippen molar-refractivity contribution in [2.45, 2.75) is 18.9 Å². The van der Waals surface area contributed by atoms with Crippen LogP contribution in [0, 0.1) is 10.1 Å². The van der Waals surface area contributed by atoms with E-state index in [2.05, 4.69) is 12.1 Å². The van der Waals surface area contributed by atoms with Crippen molar-refractivity contribution in [3.63, 3.8) is 0 Å². The Morgan fingerprint density at radius 3 is 2.38 bits per heavy atom. The van der Waals surface area contributed by atoms with E-state index in [9.17, 15) is 10.1 Å². The topological polar surface area (TPSA) is 69.2 Å². The molecular weight excluding hydrogens is 264 g/mol. The molecule has 0 fully saturated rings. The molecule has 0 aliphatic heterocycles. The summed E-state index contributed by atoms with van der Waals surface area (Å²) in [6, 6.07) is 16.6. The molecule has 0 amide bonds. The fourth-order valence-corrected chi connectivity index (χ4v) is 2.02. The molecule has 2 N–H and O–H groups in total. The van der Waals surface area contributed by atoms with Crippen molar-refractivity contribution in [2.75, 3.05) is 0 Å². The Labute approximate surface area is 124 Å². The third-order valence-electron chi connectivity index (χ3n) is 3.25. The highest BCUT2D eigenvalue weighted by atomic mass is 16.6. The second kappa shape index (κ2) is 7.36. The second-order valence-corrected chi connectivity index (χ2v) is 4.90. The Kier molecular flexibility index (Phi) is 5.23. The van der Waals surface area contributed by atoms with E-state index in [0.717, 1.165) is 18.4 Å². The van der Waals surface area contributed by atoms with Crippen molar-refractivity contribution in [1.82, 2.24) is 0 Å². The molecule has 1 unspecified atom stereocenters. The van der Waals surface area contributed by atoms with Gasteiger partial charge in [0.05, 0.1) is 4.92 Å². The van der Waals surface area contributed by atoms with Crippen LogP contribution in [0.25, 0.3) is 6.08 Å². The van der Waals surface area contributed by atoms with Gasteiger partial charge in [0, 0.05) is 18.2 Å². The molecule has 2 rings (SSSR count). The summed E-state index contributed by atoms with van der Waals surface area (Å²) in [5.74, 6) is 0. The minimum atomic E-state index is -0.404. The average Bonchev–Trinajstić information content (AvgIpc) is 2.52. The van der Waals surface area contributed by atoms with Gasteiger partial charge < -0.3 is 5.73 Å². The molecule has 0 aliphatic rings. The smallest absolute Gasteiger partial charge is 0.269 e. The maximum absolute atomic E-state index is 10.6. The third-order valence-corrected chi connectivity index (χ3v) is 3.25. The summed E-state index contributed by atoms with van der Waals surface area (Å²) in [5.41, 5.74) is 8.34. The Morgan fingerprint density at radius 1 is 1.10 bits per heavy atom. The summed E-state index contributed by atoms with van der Waals surface area (Å²) in [7, 11) is 0. The Balaban J connectivity index is 1.86. The number of nitrogens with zero attached hydrogens (tertiary/aromatic N) is 1. The van der Waals surface area contributed by atoms with Gasteiger partial charge in [0.25, 0.3) is 5.69 Å². The number of nitro benzene ring substituents is 1. The van der Waals surface area contributed by atoms with E-state index in [1.807, 2.05) is 30.4 Å². The van der Waals surface area contributed by atoms with Crippen LogP contribution in [-0.2, 0) is 6.42 Å². The molecule has 0 saturated heterocycles. The van der Waals surface area contributed by atoms with Crippen LogP contribution in [-0.4, -0.2) is 11.0 Å². The first-order valence-corrected chi connectivity index (χ1v) is 6.87. The molecule has 108 valence electrons. The largest absolute Gasteiger partial charge is 0.324 e. The maximum Gasteiger partial charge on any atom is 0.269 e. The summed E-state index contributed by atoms with van der Waals surface area (Å²) in [6.07, 6.45) is 5.64. The van der Waals surface area contributed by atoms with Gasteiger partial charge in [-0.3, -0.25) is 10.1 Å². The molecule has 0 aliphatic carbocycles. The first-order chi connectivity index (χ1) is 10.1. The van der Waals surface area contributed by atoms with Crippen molar-refractivity contribution in [1.29, 1.82) is 0 Å².